The highest BCUT2D eigenvalue weighted by Crippen LogP contribution is 2.25. The van der Waals surface area contributed by atoms with Gasteiger partial charge in [-0.2, -0.15) is 0 Å². The molecule has 6 heteroatoms. The molecule has 0 atom stereocenters. The van der Waals surface area contributed by atoms with E-state index in [-0.39, 0.29) is 12.0 Å². The van der Waals surface area contributed by atoms with Gasteiger partial charge < -0.3 is 15.0 Å². The Bertz CT molecular complexity index is 727. The number of aromatic nitrogens is 2. The third kappa shape index (κ3) is 4.47. The van der Waals surface area contributed by atoms with Gasteiger partial charge in [-0.15, -0.1) is 0 Å². The largest absolute Gasteiger partial charge is 0.474 e. The van der Waals surface area contributed by atoms with Gasteiger partial charge in [0.1, 0.15) is 11.9 Å². The molecule has 1 aliphatic rings. The second kappa shape index (κ2) is 7.96. The van der Waals surface area contributed by atoms with E-state index in [1.165, 1.54) is 12.8 Å². The molecule has 1 aliphatic carbocycles. The lowest BCUT2D eigenvalue weighted by Crippen LogP contribution is -2.24. The number of carbonyl (C=O) groups excluding carboxylic acids is 1. The van der Waals surface area contributed by atoms with Crippen LogP contribution < -0.4 is 15.0 Å². The Morgan fingerprint density at radius 3 is 2.80 bits per heavy atom. The SMILES string of the molecule is CN(C)c1cc(C(=O)NCc2cccnc2OC2CCCC2)ccn1. The molecule has 2 aromatic heterocycles. The van der Waals surface area contributed by atoms with Crippen molar-refractivity contribution in [2.45, 2.75) is 38.3 Å². The average molecular weight is 340 g/mol. The molecule has 2 heterocycles. The lowest BCUT2D eigenvalue weighted by Gasteiger charge is -2.16. The van der Waals surface area contributed by atoms with Crippen molar-refractivity contribution in [2.75, 3.05) is 19.0 Å². The fourth-order valence-electron chi connectivity index (χ4n) is 2.91. The molecule has 0 aromatic carbocycles. The Morgan fingerprint density at radius 1 is 1.24 bits per heavy atom. The number of pyridine rings is 2. The Labute approximate surface area is 148 Å². The van der Waals surface area contributed by atoms with Gasteiger partial charge in [0.25, 0.3) is 5.91 Å². The molecule has 0 radical (unpaired) electrons. The van der Waals surface area contributed by atoms with E-state index in [4.69, 9.17) is 4.74 Å². The number of hydrogen-bond donors (Lipinski definition) is 1. The van der Waals surface area contributed by atoms with Crippen molar-refractivity contribution in [2.24, 2.45) is 0 Å². The maximum absolute atomic E-state index is 12.4. The average Bonchev–Trinajstić information content (AvgIpc) is 3.14. The van der Waals surface area contributed by atoms with Gasteiger partial charge in [-0.1, -0.05) is 6.07 Å². The summed E-state index contributed by atoms with van der Waals surface area (Å²) in [5.74, 6) is 1.24. The summed E-state index contributed by atoms with van der Waals surface area (Å²) >= 11 is 0. The topological polar surface area (TPSA) is 67.4 Å². The molecule has 0 aliphatic heterocycles. The highest BCUT2D eigenvalue weighted by Gasteiger charge is 2.19. The maximum atomic E-state index is 12.4. The second-order valence-corrected chi connectivity index (χ2v) is 6.47. The molecule has 1 N–H and O–H groups in total. The van der Waals surface area contributed by atoms with Crippen molar-refractivity contribution in [3.05, 3.63) is 47.8 Å². The van der Waals surface area contributed by atoms with E-state index in [0.717, 1.165) is 24.2 Å². The number of carbonyl (C=O) groups is 1. The summed E-state index contributed by atoms with van der Waals surface area (Å²) in [5, 5.41) is 2.94. The van der Waals surface area contributed by atoms with Crippen LogP contribution in [0.25, 0.3) is 0 Å². The van der Waals surface area contributed by atoms with Crippen molar-refractivity contribution in [3.8, 4) is 5.88 Å². The van der Waals surface area contributed by atoms with Crippen LogP contribution in [0.3, 0.4) is 0 Å². The number of hydrogen-bond acceptors (Lipinski definition) is 5. The molecule has 0 bridgehead atoms. The Kier molecular flexibility index (Phi) is 5.48. The van der Waals surface area contributed by atoms with Crippen molar-refractivity contribution < 1.29 is 9.53 Å². The standard InChI is InChI=1S/C19H24N4O2/c1-23(2)17-12-14(9-11-20-17)18(24)22-13-15-6-5-10-21-19(15)25-16-7-3-4-8-16/h5-6,9-12,16H,3-4,7-8,13H2,1-2H3,(H,22,24). The fraction of sp³-hybridized carbons (Fsp3) is 0.421. The molecule has 132 valence electrons. The first-order chi connectivity index (χ1) is 12.1. The molecule has 1 saturated carbocycles. The summed E-state index contributed by atoms with van der Waals surface area (Å²) in [7, 11) is 3.79. The minimum atomic E-state index is -0.138. The molecule has 6 nitrogen and oxygen atoms in total. The summed E-state index contributed by atoms with van der Waals surface area (Å²) in [4.78, 5) is 22.9. The van der Waals surface area contributed by atoms with Crippen LogP contribution >= 0.6 is 0 Å². The van der Waals surface area contributed by atoms with Gasteiger partial charge in [-0.25, -0.2) is 9.97 Å². The van der Waals surface area contributed by atoms with Gasteiger partial charge in [0.05, 0.1) is 0 Å². The summed E-state index contributed by atoms with van der Waals surface area (Å²) in [6.07, 6.45) is 8.18. The lowest BCUT2D eigenvalue weighted by molar-refractivity contribution is 0.0950. The summed E-state index contributed by atoms with van der Waals surface area (Å²) in [5.41, 5.74) is 1.48. The van der Waals surface area contributed by atoms with Gasteiger partial charge in [0, 0.05) is 44.2 Å². The van der Waals surface area contributed by atoms with E-state index in [1.807, 2.05) is 31.1 Å². The Hall–Kier alpha value is -2.63. The van der Waals surface area contributed by atoms with Crippen LogP contribution in [0.2, 0.25) is 0 Å². The highest BCUT2D eigenvalue weighted by molar-refractivity contribution is 5.94. The lowest BCUT2D eigenvalue weighted by atomic mass is 10.2. The minimum Gasteiger partial charge on any atom is -0.474 e. The van der Waals surface area contributed by atoms with E-state index in [0.29, 0.717) is 18.0 Å². The number of nitrogens with zero attached hydrogens (tertiary/aromatic N) is 3. The molecule has 0 unspecified atom stereocenters. The molecule has 2 aromatic rings. The van der Waals surface area contributed by atoms with Gasteiger partial charge in [0.2, 0.25) is 5.88 Å². The first-order valence-corrected chi connectivity index (χ1v) is 8.65. The smallest absolute Gasteiger partial charge is 0.251 e. The molecule has 0 spiro atoms. The third-order valence-corrected chi connectivity index (χ3v) is 4.34. The van der Waals surface area contributed by atoms with Crippen LogP contribution in [0.5, 0.6) is 5.88 Å². The van der Waals surface area contributed by atoms with Crippen LogP contribution in [0.4, 0.5) is 5.82 Å². The van der Waals surface area contributed by atoms with Crippen molar-refractivity contribution >= 4 is 11.7 Å². The molecular weight excluding hydrogens is 316 g/mol. The summed E-state index contributed by atoms with van der Waals surface area (Å²) in [6, 6.07) is 7.28. The first-order valence-electron chi connectivity index (χ1n) is 8.65. The third-order valence-electron chi connectivity index (χ3n) is 4.34. The van der Waals surface area contributed by atoms with Crippen molar-refractivity contribution in [3.63, 3.8) is 0 Å². The second-order valence-electron chi connectivity index (χ2n) is 6.47. The number of ether oxygens (including phenoxy) is 1. The fourth-order valence-corrected chi connectivity index (χ4v) is 2.91. The number of nitrogens with one attached hydrogen (secondary N) is 1. The van der Waals surface area contributed by atoms with Crippen molar-refractivity contribution in [1.82, 2.24) is 15.3 Å². The van der Waals surface area contributed by atoms with E-state index in [1.54, 1.807) is 24.5 Å². The normalized spacial score (nSPS) is 14.3. The monoisotopic (exact) mass is 340 g/mol. The van der Waals surface area contributed by atoms with Gasteiger partial charge in [0.15, 0.2) is 0 Å². The summed E-state index contributed by atoms with van der Waals surface area (Å²) < 4.78 is 6.02. The van der Waals surface area contributed by atoms with Crippen LogP contribution in [0.1, 0.15) is 41.6 Å². The first kappa shape index (κ1) is 17.2. The molecule has 3 rings (SSSR count). The predicted molar refractivity (Wildman–Crippen MR) is 96.9 cm³/mol. The molecule has 0 saturated heterocycles. The van der Waals surface area contributed by atoms with Crippen molar-refractivity contribution in [1.29, 1.82) is 0 Å². The predicted octanol–water partition coefficient (Wildman–Crippen LogP) is 2.79. The Morgan fingerprint density at radius 2 is 2.04 bits per heavy atom. The zero-order chi connectivity index (χ0) is 17.6. The van der Waals surface area contributed by atoms with Gasteiger partial charge in [-0.3, -0.25) is 4.79 Å². The van der Waals surface area contributed by atoms with Crippen LogP contribution in [0, 0.1) is 0 Å². The van der Waals surface area contributed by atoms with Gasteiger partial charge >= 0.3 is 0 Å². The molecule has 1 amide bonds. The van der Waals surface area contributed by atoms with Crippen LogP contribution in [-0.4, -0.2) is 36.1 Å². The molecular formula is C19H24N4O2. The van der Waals surface area contributed by atoms with E-state index < -0.39 is 0 Å². The highest BCUT2D eigenvalue weighted by atomic mass is 16.5. The van der Waals surface area contributed by atoms with Crippen LogP contribution in [0.15, 0.2) is 36.7 Å². The van der Waals surface area contributed by atoms with E-state index in [2.05, 4.69) is 15.3 Å². The summed E-state index contributed by atoms with van der Waals surface area (Å²) in [6.45, 7) is 0.383. The quantitative estimate of drug-likeness (QED) is 0.876. The Balaban J connectivity index is 1.65. The van der Waals surface area contributed by atoms with E-state index >= 15 is 0 Å². The number of anilines is 1. The molecule has 25 heavy (non-hydrogen) atoms. The minimum absolute atomic E-state index is 0.138. The maximum Gasteiger partial charge on any atom is 0.251 e. The number of amides is 1. The van der Waals surface area contributed by atoms with Crippen LogP contribution in [-0.2, 0) is 6.54 Å². The molecule has 1 fully saturated rings. The zero-order valence-corrected chi connectivity index (χ0v) is 14.7. The number of rotatable bonds is 6. The van der Waals surface area contributed by atoms with E-state index in [9.17, 15) is 4.79 Å². The van der Waals surface area contributed by atoms with Gasteiger partial charge in [-0.05, 0) is 43.9 Å². The zero-order valence-electron chi connectivity index (χ0n) is 14.7.